The van der Waals surface area contributed by atoms with Crippen molar-refractivity contribution >= 4 is 23.9 Å². The van der Waals surface area contributed by atoms with Gasteiger partial charge >= 0.3 is 12.2 Å². The topological polar surface area (TPSA) is 118 Å². The molecule has 0 spiro atoms. The molecule has 0 unspecified atom stereocenters. The summed E-state index contributed by atoms with van der Waals surface area (Å²) in [4.78, 5) is 38.7. The van der Waals surface area contributed by atoms with Gasteiger partial charge in [-0.15, -0.1) is 0 Å². The Hall–Kier alpha value is -2.05. The van der Waals surface area contributed by atoms with E-state index in [-0.39, 0.29) is 18.9 Å². The number of unbranched alkanes of at least 4 members (excludes halogenated alkanes) is 1. The van der Waals surface area contributed by atoms with Crippen molar-refractivity contribution < 1.29 is 28.6 Å². The minimum atomic E-state index is -0.962. The van der Waals surface area contributed by atoms with E-state index in [9.17, 15) is 14.4 Å². The summed E-state index contributed by atoms with van der Waals surface area (Å²) in [6, 6.07) is -0.962. The Balaban J connectivity index is 4.97. The highest BCUT2D eigenvalue weighted by molar-refractivity contribution is 6.25. The molecule has 8 heteroatoms. The van der Waals surface area contributed by atoms with Gasteiger partial charge in [0.2, 0.25) is 11.7 Å². The highest BCUT2D eigenvalue weighted by Crippen LogP contribution is 2.08. The highest BCUT2D eigenvalue weighted by atomic mass is 16.5. The number of carbonyl (C=O) groups excluding carboxylic acids is 3. The van der Waals surface area contributed by atoms with Crippen LogP contribution in [0.25, 0.3) is 5.53 Å². The van der Waals surface area contributed by atoms with Gasteiger partial charge in [-0.25, -0.2) is 4.79 Å². The first-order chi connectivity index (χ1) is 11.8. The molecule has 1 amide bonds. The predicted octanol–water partition coefficient (Wildman–Crippen LogP) is 1.67. The van der Waals surface area contributed by atoms with Crippen LogP contribution in [0.5, 0.6) is 0 Å². The van der Waals surface area contributed by atoms with Crippen molar-refractivity contribution in [1.82, 2.24) is 5.32 Å². The van der Waals surface area contributed by atoms with E-state index >= 15 is 0 Å². The minimum Gasteiger partial charge on any atom is -0.461 e. The number of hydrogen-bond acceptors (Lipinski definition) is 5. The molecule has 0 heterocycles. The molecule has 0 saturated heterocycles. The van der Waals surface area contributed by atoms with Gasteiger partial charge in [0.1, 0.15) is 12.1 Å². The van der Waals surface area contributed by atoms with E-state index < -0.39 is 29.8 Å². The lowest BCUT2D eigenvalue weighted by Gasteiger charge is -2.22. The number of ketones is 1. The van der Waals surface area contributed by atoms with Crippen LogP contribution >= 0.6 is 0 Å². The van der Waals surface area contributed by atoms with Crippen molar-refractivity contribution in [2.45, 2.75) is 78.0 Å². The molecule has 142 valence electrons. The number of esters is 1. The van der Waals surface area contributed by atoms with Crippen LogP contribution in [0.1, 0.15) is 59.8 Å². The summed E-state index contributed by atoms with van der Waals surface area (Å²) in [5.74, 6) is -1.46. The number of amides is 1. The van der Waals surface area contributed by atoms with Crippen molar-refractivity contribution in [2.75, 3.05) is 6.61 Å². The number of nitrogens with zero attached hydrogens (tertiary/aromatic N) is 2. The first-order valence-corrected chi connectivity index (χ1v) is 8.68. The molecule has 0 radical (unpaired) electrons. The second-order valence-corrected chi connectivity index (χ2v) is 5.88. The molecule has 0 aliphatic carbocycles. The van der Waals surface area contributed by atoms with Crippen molar-refractivity contribution in [1.29, 1.82) is 0 Å². The third-order valence-corrected chi connectivity index (χ3v) is 3.31. The van der Waals surface area contributed by atoms with E-state index in [0.29, 0.717) is 13.0 Å². The number of nitrogens with one attached hydrogen (secondary N) is 1. The zero-order valence-corrected chi connectivity index (χ0v) is 15.5. The molecule has 0 aliphatic rings. The molecular weight excluding hydrogens is 326 g/mol. The van der Waals surface area contributed by atoms with Crippen LogP contribution in [0.15, 0.2) is 0 Å². The fraction of sp³-hybridized carbons (Fsp3) is 0.765. The Morgan fingerprint density at radius 3 is 2.40 bits per heavy atom. The molecular formula is C17H29N3O5. The molecule has 1 N–H and O–H groups in total. The van der Waals surface area contributed by atoms with Crippen molar-refractivity contribution in [2.24, 2.45) is 0 Å². The van der Waals surface area contributed by atoms with Gasteiger partial charge in [0.15, 0.2) is 0 Å². The number of carbonyl (C=O) groups is 3. The summed E-state index contributed by atoms with van der Waals surface area (Å²) in [7, 11) is 0. The molecule has 0 bridgehead atoms. The van der Waals surface area contributed by atoms with Crippen LogP contribution in [0.3, 0.4) is 0 Å². The smallest absolute Gasteiger partial charge is 0.328 e. The number of rotatable bonds is 13. The summed E-state index contributed by atoms with van der Waals surface area (Å²) in [6.07, 6.45) is 2.06. The molecule has 0 aromatic rings. The van der Waals surface area contributed by atoms with Gasteiger partial charge in [-0.3, -0.25) is 9.59 Å². The van der Waals surface area contributed by atoms with Crippen LogP contribution in [-0.4, -0.2) is 53.5 Å². The highest BCUT2D eigenvalue weighted by Gasteiger charge is 2.28. The molecule has 25 heavy (non-hydrogen) atoms. The standard InChI is InChI=1S/C17H29N3O5/c1-5-7-8-15(24-6-2)16(22)20-14(17(23)25-12(3)4)10-9-13(21)11-19-18/h11-12,14-15H,5-10H2,1-4H3,(H,20,22)/t14-,15-/m0/s1. The van der Waals surface area contributed by atoms with Crippen LogP contribution in [-0.2, 0) is 23.9 Å². The largest absolute Gasteiger partial charge is 0.461 e. The third-order valence-electron chi connectivity index (χ3n) is 3.31. The second-order valence-electron chi connectivity index (χ2n) is 5.88. The summed E-state index contributed by atoms with van der Waals surface area (Å²) in [5.41, 5.74) is 8.36. The average Bonchev–Trinajstić information content (AvgIpc) is 2.54. The third kappa shape index (κ3) is 10.4. The monoisotopic (exact) mass is 355 g/mol. The maximum absolute atomic E-state index is 12.4. The Bertz CT molecular complexity index is 487. The van der Waals surface area contributed by atoms with Gasteiger partial charge in [-0.2, -0.15) is 4.79 Å². The van der Waals surface area contributed by atoms with Gasteiger partial charge in [-0.05, 0) is 33.6 Å². The van der Waals surface area contributed by atoms with E-state index in [1.807, 2.05) is 6.92 Å². The lowest BCUT2D eigenvalue weighted by Crippen LogP contribution is -2.47. The molecule has 2 atom stereocenters. The second kappa shape index (κ2) is 13.3. The van der Waals surface area contributed by atoms with Crippen LogP contribution in [0, 0.1) is 0 Å². The lowest BCUT2D eigenvalue weighted by molar-refractivity contribution is -0.153. The van der Waals surface area contributed by atoms with E-state index in [1.165, 1.54) is 0 Å². The van der Waals surface area contributed by atoms with Gasteiger partial charge in [0.25, 0.3) is 0 Å². The number of ether oxygens (including phenoxy) is 2. The Kier molecular flexibility index (Phi) is 12.2. The van der Waals surface area contributed by atoms with Gasteiger partial charge in [0, 0.05) is 13.0 Å². The molecule has 0 aromatic heterocycles. The summed E-state index contributed by atoms with van der Waals surface area (Å²) in [5, 5.41) is 2.62. The van der Waals surface area contributed by atoms with Gasteiger partial charge < -0.3 is 20.3 Å². The van der Waals surface area contributed by atoms with E-state index in [2.05, 4.69) is 10.1 Å². The van der Waals surface area contributed by atoms with Crippen LogP contribution in [0.4, 0.5) is 0 Å². The lowest BCUT2D eigenvalue weighted by atomic mass is 10.1. The van der Waals surface area contributed by atoms with E-state index in [4.69, 9.17) is 15.0 Å². The predicted molar refractivity (Wildman–Crippen MR) is 92.0 cm³/mol. The Labute approximate surface area is 148 Å². The normalized spacial score (nSPS) is 12.8. The molecule has 0 aliphatic heterocycles. The maximum Gasteiger partial charge on any atom is 0.328 e. The van der Waals surface area contributed by atoms with Crippen molar-refractivity contribution in [3.05, 3.63) is 5.53 Å². The first-order valence-electron chi connectivity index (χ1n) is 8.68. The average molecular weight is 355 g/mol. The fourth-order valence-corrected chi connectivity index (χ4v) is 2.12. The fourth-order valence-electron chi connectivity index (χ4n) is 2.12. The SMILES string of the molecule is CCCC[C@H](OCC)C(=O)N[C@@H](CCC(=O)C=[N+]=[N-])C(=O)OC(C)C. The first kappa shape index (κ1) is 22.9. The van der Waals surface area contributed by atoms with E-state index in [0.717, 1.165) is 19.1 Å². The summed E-state index contributed by atoms with van der Waals surface area (Å²) in [6.45, 7) is 7.59. The Morgan fingerprint density at radius 2 is 1.88 bits per heavy atom. The molecule has 8 nitrogen and oxygen atoms in total. The van der Waals surface area contributed by atoms with Crippen LogP contribution in [0.2, 0.25) is 0 Å². The molecule has 0 fully saturated rings. The maximum atomic E-state index is 12.4. The molecule has 0 rings (SSSR count). The zero-order chi connectivity index (χ0) is 19.2. The van der Waals surface area contributed by atoms with Gasteiger partial charge in [0.05, 0.1) is 6.10 Å². The minimum absolute atomic E-state index is 0.0504. The number of Topliss-reactive ketones (excluding diaryl/α,β-unsaturated/α-hetero) is 1. The van der Waals surface area contributed by atoms with E-state index in [1.54, 1.807) is 20.8 Å². The van der Waals surface area contributed by atoms with Crippen molar-refractivity contribution in [3.63, 3.8) is 0 Å². The number of hydrogen-bond donors (Lipinski definition) is 1. The zero-order valence-electron chi connectivity index (χ0n) is 15.5. The summed E-state index contributed by atoms with van der Waals surface area (Å²) >= 11 is 0. The quantitative estimate of drug-likeness (QED) is 0.233. The van der Waals surface area contributed by atoms with Crippen LogP contribution < -0.4 is 5.32 Å². The Morgan fingerprint density at radius 1 is 1.20 bits per heavy atom. The molecule has 0 saturated carbocycles. The van der Waals surface area contributed by atoms with Gasteiger partial charge in [-0.1, -0.05) is 19.8 Å². The summed E-state index contributed by atoms with van der Waals surface area (Å²) < 4.78 is 10.6. The molecule has 0 aromatic carbocycles. The van der Waals surface area contributed by atoms with Crippen molar-refractivity contribution in [3.8, 4) is 0 Å².